The van der Waals surface area contributed by atoms with Crippen LogP contribution in [0.3, 0.4) is 0 Å². The molecule has 18 heavy (non-hydrogen) atoms. The molecule has 1 rings (SSSR count). The van der Waals surface area contributed by atoms with E-state index in [2.05, 4.69) is 11.5 Å². The minimum absolute atomic E-state index is 0.156. The summed E-state index contributed by atoms with van der Waals surface area (Å²) in [5.41, 5.74) is 0.413. The molecule has 0 saturated heterocycles. The predicted octanol–water partition coefficient (Wildman–Crippen LogP) is 1.89. The third kappa shape index (κ3) is 5.27. The fourth-order valence-electron chi connectivity index (χ4n) is 1.07. The number of rotatable bonds is 7. The Hall–Kier alpha value is -2.14. The summed E-state index contributed by atoms with van der Waals surface area (Å²) in [6.07, 6.45) is 1.51. The smallest absolute Gasteiger partial charge is 0.373 e. The van der Waals surface area contributed by atoms with Crippen molar-refractivity contribution in [3.05, 3.63) is 48.6 Å². The van der Waals surface area contributed by atoms with Crippen molar-refractivity contribution < 1.29 is 24.1 Å². The molecule has 0 heterocycles. The van der Waals surface area contributed by atoms with Crippen LogP contribution in [0.1, 0.15) is 16.8 Å². The largest absolute Gasteiger partial charge is 0.462 e. The van der Waals surface area contributed by atoms with E-state index in [9.17, 15) is 9.59 Å². The SMILES string of the molecule is C=CC(=O)OCCCOOC(=O)c1ccccc1. The summed E-state index contributed by atoms with van der Waals surface area (Å²) < 4.78 is 4.71. The molecule has 5 nitrogen and oxygen atoms in total. The number of carbonyl (C=O) groups is 2. The van der Waals surface area contributed by atoms with Crippen LogP contribution < -0.4 is 0 Å². The van der Waals surface area contributed by atoms with Crippen LogP contribution in [0.4, 0.5) is 0 Å². The van der Waals surface area contributed by atoms with Crippen molar-refractivity contribution in [1.29, 1.82) is 0 Å². The van der Waals surface area contributed by atoms with Crippen LogP contribution in [0.15, 0.2) is 43.0 Å². The maximum absolute atomic E-state index is 11.4. The van der Waals surface area contributed by atoms with Crippen molar-refractivity contribution >= 4 is 11.9 Å². The second-order valence-electron chi connectivity index (χ2n) is 3.28. The third-order valence-electron chi connectivity index (χ3n) is 1.93. The Labute approximate surface area is 105 Å². The van der Waals surface area contributed by atoms with E-state index in [1.807, 2.05) is 0 Å². The van der Waals surface area contributed by atoms with Crippen molar-refractivity contribution in [3.63, 3.8) is 0 Å². The number of ether oxygens (including phenoxy) is 1. The van der Waals surface area contributed by atoms with E-state index in [-0.39, 0.29) is 13.2 Å². The lowest BCUT2D eigenvalue weighted by atomic mass is 10.2. The van der Waals surface area contributed by atoms with E-state index in [0.717, 1.165) is 6.08 Å². The van der Waals surface area contributed by atoms with Crippen LogP contribution in [-0.2, 0) is 19.3 Å². The first-order valence-corrected chi connectivity index (χ1v) is 5.42. The summed E-state index contributed by atoms with van der Waals surface area (Å²) in [6.45, 7) is 3.60. The van der Waals surface area contributed by atoms with E-state index in [1.165, 1.54) is 0 Å². The molecule has 0 atom stereocenters. The Morgan fingerprint density at radius 3 is 2.56 bits per heavy atom. The molecule has 0 bridgehead atoms. The molecule has 0 saturated carbocycles. The summed E-state index contributed by atoms with van der Waals surface area (Å²) in [4.78, 5) is 31.3. The first kappa shape index (κ1) is 13.9. The van der Waals surface area contributed by atoms with Crippen molar-refractivity contribution in [2.75, 3.05) is 13.2 Å². The highest BCUT2D eigenvalue weighted by molar-refractivity contribution is 5.88. The highest BCUT2D eigenvalue weighted by Crippen LogP contribution is 2.01. The molecule has 0 aliphatic rings. The van der Waals surface area contributed by atoms with Gasteiger partial charge in [0.2, 0.25) is 0 Å². The number of hydrogen-bond acceptors (Lipinski definition) is 5. The zero-order valence-corrected chi connectivity index (χ0v) is 9.83. The maximum atomic E-state index is 11.4. The highest BCUT2D eigenvalue weighted by atomic mass is 17.2. The Kier molecular flexibility index (Phi) is 6.21. The second kappa shape index (κ2) is 8.03. The number of hydrogen-bond donors (Lipinski definition) is 0. The highest BCUT2D eigenvalue weighted by Gasteiger charge is 2.06. The summed E-state index contributed by atoms with van der Waals surface area (Å²) in [6, 6.07) is 8.50. The molecule has 5 heteroatoms. The van der Waals surface area contributed by atoms with Crippen molar-refractivity contribution in [1.82, 2.24) is 0 Å². The minimum Gasteiger partial charge on any atom is -0.462 e. The van der Waals surface area contributed by atoms with Gasteiger partial charge < -0.3 is 4.74 Å². The Morgan fingerprint density at radius 2 is 1.89 bits per heavy atom. The van der Waals surface area contributed by atoms with Crippen molar-refractivity contribution in [2.45, 2.75) is 6.42 Å². The van der Waals surface area contributed by atoms with Gasteiger partial charge >= 0.3 is 11.9 Å². The standard InChI is InChI=1S/C13H14O5/c1-2-12(14)16-9-6-10-17-18-13(15)11-7-4-3-5-8-11/h2-5,7-8H,1,6,9-10H2. The van der Waals surface area contributed by atoms with Crippen LogP contribution in [0.25, 0.3) is 0 Å². The van der Waals surface area contributed by atoms with Crippen LogP contribution >= 0.6 is 0 Å². The molecule has 96 valence electrons. The zero-order chi connectivity index (χ0) is 13.2. The van der Waals surface area contributed by atoms with Gasteiger partial charge in [-0.25, -0.2) is 9.59 Å². The molecule has 0 aliphatic carbocycles. The normalized spacial score (nSPS) is 9.56. The summed E-state index contributed by atoms with van der Waals surface area (Å²) >= 11 is 0. The maximum Gasteiger partial charge on any atom is 0.373 e. The first-order valence-electron chi connectivity index (χ1n) is 5.42. The van der Waals surface area contributed by atoms with Gasteiger partial charge in [0.15, 0.2) is 0 Å². The van der Waals surface area contributed by atoms with Gasteiger partial charge in [-0.3, -0.25) is 4.89 Å². The van der Waals surface area contributed by atoms with E-state index in [0.29, 0.717) is 12.0 Å². The van der Waals surface area contributed by atoms with E-state index >= 15 is 0 Å². The fourth-order valence-corrected chi connectivity index (χ4v) is 1.07. The van der Waals surface area contributed by atoms with E-state index in [4.69, 9.17) is 9.62 Å². The molecule has 0 unspecified atom stereocenters. The van der Waals surface area contributed by atoms with Crippen LogP contribution in [0.5, 0.6) is 0 Å². The third-order valence-corrected chi connectivity index (χ3v) is 1.93. The lowest BCUT2D eigenvalue weighted by molar-refractivity contribution is -0.242. The van der Waals surface area contributed by atoms with Gasteiger partial charge in [0.25, 0.3) is 0 Å². The van der Waals surface area contributed by atoms with Crippen molar-refractivity contribution in [2.24, 2.45) is 0 Å². The molecule has 1 aromatic rings. The number of benzene rings is 1. The van der Waals surface area contributed by atoms with Gasteiger partial charge in [-0.15, -0.1) is 0 Å². The molecule has 0 spiro atoms. The number of esters is 1. The first-order chi connectivity index (χ1) is 8.74. The molecule has 1 aromatic carbocycles. The lowest BCUT2D eigenvalue weighted by Crippen LogP contribution is -2.09. The summed E-state index contributed by atoms with van der Waals surface area (Å²) in [5.74, 6) is -1.05. The quantitative estimate of drug-likeness (QED) is 0.243. The monoisotopic (exact) mass is 250 g/mol. The van der Waals surface area contributed by atoms with Gasteiger partial charge in [-0.1, -0.05) is 24.8 Å². The van der Waals surface area contributed by atoms with Gasteiger partial charge in [-0.05, 0) is 12.1 Å². The zero-order valence-electron chi connectivity index (χ0n) is 9.83. The van der Waals surface area contributed by atoms with E-state index in [1.54, 1.807) is 30.3 Å². The minimum atomic E-state index is -0.557. The molecule has 0 N–H and O–H groups in total. The van der Waals surface area contributed by atoms with Gasteiger partial charge in [0.1, 0.15) is 0 Å². The van der Waals surface area contributed by atoms with Crippen LogP contribution in [0.2, 0.25) is 0 Å². The summed E-state index contributed by atoms with van der Waals surface area (Å²) in [7, 11) is 0. The van der Waals surface area contributed by atoms with Crippen LogP contribution in [0, 0.1) is 0 Å². The summed E-state index contributed by atoms with van der Waals surface area (Å²) in [5, 5.41) is 0. The molecular weight excluding hydrogens is 236 g/mol. The molecule has 0 aromatic heterocycles. The Morgan fingerprint density at radius 1 is 1.17 bits per heavy atom. The van der Waals surface area contributed by atoms with Crippen molar-refractivity contribution in [3.8, 4) is 0 Å². The van der Waals surface area contributed by atoms with Gasteiger partial charge in [0, 0.05) is 12.5 Å². The molecular formula is C13H14O5. The van der Waals surface area contributed by atoms with Gasteiger partial charge in [0.05, 0.1) is 18.8 Å². The Balaban J connectivity index is 2.10. The molecule has 0 amide bonds. The van der Waals surface area contributed by atoms with Gasteiger partial charge in [-0.2, -0.15) is 4.89 Å². The lowest BCUT2D eigenvalue weighted by Gasteiger charge is -2.04. The van der Waals surface area contributed by atoms with Crippen LogP contribution in [-0.4, -0.2) is 25.2 Å². The predicted molar refractivity (Wildman–Crippen MR) is 63.6 cm³/mol. The fraction of sp³-hybridized carbons (Fsp3) is 0.231. The molecule has 0 radical (unpaired) electrons. The number of carbonyl (C=O) groups excluding carboxylic acids is 2. The molecule has 0 fully saturated rings. The second-order valence-corrected chi connectivity index (χ2v) is 3.28. The topological polar surface area (TPSA) is 61.8 Å². The average molecular weight is 250 g/mol. The van der Waals surface area contributed by atoms with E-state index < -0.39 is 11.9 Å². The average Bonchev–Trinajstić information content (AvgIpc) is 2.43. The Bertz CT molecular complexity index is 399. The molecule has 0 aliphatic heterocycles.